The highest BCUT2D eigenvalue weighted by Crippen LogP contribution is 2.02. The smallest absolute Gasteiger partial charge is 0.235 e. The van der Waals surface area contributed by atoms with Gasteiger partial charge in [0.2, 0.25) is 9.05 Å². The molecule has 0 saturated heterocycles. The van der Waals surface area contributed by atoms with Gasteiger partial charge in [-0.05, 0) is 0 Å². The van der Waals surface area contributed by atoms with Gasteiger partial charge in [0, 0.05) is 24.9 Å². The van der Waals surface area contributed by atoms with Gasteiger partial charge in [-0.3, -0.25) is 0 Å². The van der Waals surface area contributed by atoms with Crippen molar-refractivity contribution in [1.29, 1.82) is 0 Å². The summed E-state index contributed by atoms with van der Waals surface area (Å²) in [5.74, 6) is -0.223. The molecule has 4 nitrogen and oxygen atoms in total. The molecule has 0 aromatic heterocycles. The molecule has 0 aliphatic rings. The van der Waals surface area contributed by atoms with Crippen LogP contribution in [0.3, 0.4) is 0 Å². The lowest BCUT2D eigenvalue weighted by Gasteiger charge is -2.11. The van der Waals surface area contributed by atoms with E-state index in [0.717, 1.165) is 0 Å². The van der Waals surface area contributed by atoms with Crippen LogP contribution in [0.4, 0.5) is 0 Å². The van der Waals surface area contributed by atoms with Crippen molar-refractivity contribution in [1.82, 2.24) is 0 Å². The average Bonchev–Trinajstić information content (AvgIpc) is 1.84. The van der Waals surface area contributed by atoms with Crippen molar-refractivity contribution in [2.75, 3.05) is 26.6 Å². The minimum Gasteiger partial charge on any atom is -0.382 e. The summed E-state index contributed by atoms with van der Waals surface area (Å²) in [5, 5.41) is 0. The van der Waals surface area contributed by atoms with Crippen molar-refractivity contribution in [3.63, 3.8) is 0 Å². The summed E-state index contributed by atoms with van der Waals surface area (Å²) in [5.41, 5.74) is 0. The zero-order valence-electron chi connectivity index (χ0n) is 6.41. The fourth-order valence-corrected chi connectivity index (χ4v) is 1.69. The number of ether oxygens (including phenoxy) is 2. The minimum atomic E-state index is -3.49. The molecule has 0 aromatic rings. The molecule has 0 N–H and O–H groups in total. The first-order valence-electron chi connectivity index (χ1n) is 2.93. The third-order valence-corrected chi connectivity index (χ3v) is 2.22. The fourth-order valence-electron chi connectivity index (χ4n) is 0.592. The van der Waals surface area contributed by atoms with Crippen molar-refractivity contribution in [3.05, 3.63) is 0 Å². The van der Waals surface area contributed by atoms with Crippen molar-refractivity contribution in [2.45, 2.75) is 6.10 Å². The van der Waals surface area contributed by atoms with Crippen LogP contribution < -0.4 is 0 Å². The quantitative estimate of drug-likeness (QED) is 0.599. The van der Waals surface area contributed by atoms with Crippen molar-refractivity contribution >= 4 is 19.7 Å². The second kappa shape index (κ2) is 4.92. The van der Waals surface area contributed by atoms with E-state index in [1.807, 2.05) is 0 Å². The zero-order valence-corrected chi connectivity index (χ0v) is 7.98. The molecular weight excluding hydrogens is 192 g/mol. The monoisotopic (exact) mass is 202 g/mol. The third-order valence-electron chi connectivity index (χ3n) is 1.07. The molecule has 0 aliphatic carbocycles. The number of hydrogen-bond acceptors (Lipinski definition) is 4. The Kier molecular flexibility index (Phi) is 4.99. The first-order valence-corrected chi connectivity index (χ1v) is 5.41. The molecule has 0 rings (SSSR count). The molecule has 68 valence electrons. The van der Waals surface area contributed by atoms with Crippen LogP contribution in [0.15, 0.2) is 0 Å². The topological polar surface area (TPSA) is 52.6 Å². The predicted molar refractivity (Wildman–Crippen MR) is 42.3 cm³/mol. The first-order chi connectivity index (χ1) is 4.99. The highest BCUT2D eigenvalue weighted by Gasteiger charge is 2.15. The van der Waals surface area contributed by atoms with Crippen LogP contribution in [0.25, 0.3) is 0 Å². The number of halogens is 1. The van der Waals surface area contributed by atoms with E-state index in [0.29, 0.717) is 0 Å². The Balaban J connectivity index is 3.88. The Morgan fingerprint density at radius 1 is 1.45 bits per heavy atom. The van der Waals surface area contributed by atoms with Gasteiger partial charge < -0.3 is 9.47 Å². The lowest BCUT2D eigenvalue weighted by atomic mass is 10.4. The zero-order chi connectivity index (χ0) is 8.91. The summed E-state index contributed by atoms with van der Waals surface area (Å²) in [6, 6.07) is 0. The van der Waals surface area contributed by atoms with E-state index in [1.165, 1.54) is 14.2 Å². The van der Waals surface area contributed by atoms with Crippen LogP contribution in [0.5, 0.6) is 0 Å². The minimum absolute atomic E-state index is 0.223. The van der Waals surface area contributed by atoms with Crippen LogP contribution in [0, 0.1) is 0 Å². The summed E-state index contributed by atoms with van der Waals surface area (Å²) in [7, 11) is 4.36. The summed E-state index contributed by atoms with van der Waals surface area (Å²) in [4.78, 5) is 0. The predicted octanol–water partition coefficient (Wildman–Crippen LogP) is 0.216. The Morgan fingerprint density at radius 2 is 2.00 bits per heavy atom. The fraction of sp³-hybridized carbons (Fsp3) is 1.00. The number of methoxy groups -OCH3 is 2. The van der Waals surface area contributed by atoms with E-state index in [-0.39, 0.29) is 12.4 Å². The largest absolute Gasteiger partial charge is 0.382 e. The van der Waals surface area contributed by atoms with Crippen molar-refractivity contribution in [3.8, 4) is 0 Å². The lowest BCUT2D eigenvalue weighted by molar-refractivity contribution is 0.0422. The second-order valence-electron chi connectivity index (χ2n) is 2.02. The van der Waals surface area contributed by atoms with Gasteiger partial charge in [0.25, 0.3) is 0 Å². The molecule has 1 unspecified atom stereocenters. The molecule has 0 fully saturated rings. The molecular formula is C5H11ClO4S. The van der Waals surface area contributed by atoms with Gasteiger partial charge in [0.1, 0.15) is 0 Å². The molecule has 0 saturated carbocycles. The maximum Gasteiger partial charge on any atom is 0.235 e. The molecule has 0 aromatic carbocycles. The van der Waals surface area contributed by atoms with Gasteiger partial charge in [-0.1, -0.05) is 0 Å². The van der Waals surface area contributed by atoms with Crippen LogP contribution in [0.2, 0.25) is 0 Å². The molecule has 1 atom stereocenters. The summed E-state index contributed by atoms with van der Waals surface area (Å²) < 4.78 is 30.5. The standard InChI is InChI=1S/C5H11ClO4S/c1-9-3-5(10-2)4-11(6,7)8/h5H,3-4H2,1-2H3. The van der Waals surface area contributed by atoms with Crippen LogP contribution in [0.1, 0.15) is 0 Å². The van der Waals surface area contributed by atoms with Crippen LogP contribution in [-0.2, 0) is 18.5 Å². The molecule has 0 bridgehead atoms. The first kappa shape index (κ1) is 11.2. The highest BCUT2D eigenvalue weighted by molar-refractivity contribution is 8.13. The molecule has 0 heterocycles. The Morgan fingerprint density at radius 3 is 2.27 bits per heavy atom. The highest BCUT2D eigenvalue weighted by atomic mass is 35.7. The lowest BCUT2D eigenvalue weighted by Crippen LogP contribution is -2.24. The Hall–Kier alpha value is 0.160. The van der Waals surface area contributed by atoms with Gasteiger partial charge in [0.15, 0.2) is 0 Å². The average molecular weight is 203 g/mol. The normalized spacial score (nSPS) is 14.8. The van der Waals surface area contributed by atoms with Gasteiger partial charge in [0.05, 0.1) is 18.5 Å². The van der Waals surface area contributed by atoms with Gasteiger partial charge in [-0.15, -0.1) is 0 Å². The van der Waals surface area contributed by atoms with Gasteiger partial charge in [-0.2, -0.15) is 0 Å². The maximum absolute atomic E-state index is 10.5. The summed E-state index contributed by atoms with van der Waals surface area (Å²) in [6.45, 7) is 0.225. The van der Waals surface area contributed by atoms with E-state index in [4.69, 9.17) is 20.2 Å². The van der Waals surface area contributed by atoms with Crippen LogP contribution in [-0.4, -0.2) is 41.1 Å². The summed E-state index contributed by atoms with van der Waals surface area (Å²) >= 11 is 0. The van der Waals surface area contributed by atoms with Gasteiger partial charge >= 0.3 is 0 Å². The molecule has 6 heteroatoms. The molecule has 11 heavy (non-hydrogen) atoms. The van der Waals surface area contributed by atoms with Crippen LogP contribution >= 0.6 is 10.7 Å². The van der Waals surface area contributed by atoms with E-state index < -0.39 is 15.2 Å². The Labute approximate surface area is 70.9 Å². The van der Waals surface area contributed by atoms with E-state index in [2.05, 4.69) is 0 Å². The van der Waals surface area contributed by atoms with E-state index in [9.17, 15) is 8.42 Å². The molecule has 0 radical (unpaired) electrons. The van der Waals surface area contributed by atoms with E-state index >= 15 is 0 Å². The maximum atomic E-state index is 10.5. The van der Waals surface area contributed by atoms with E-state index in [1.54, 1.807) is 0 Å². The Bertz CT molecular complexity index is 189. The third kappa shape index (κ3) is 6.55. The molecule has 0 spiro atoms. The summed E-state index contributed by atoms with van der Waals surface area (Å²) in [6.07, 6.45) is -0.484. The molecule has 0 aliphatic heterocycles. The molecule has 0 amide bonds. The SMILES string of the molecule is COCC(CS(=O)(=O)Cl)OC. The number of rotatable bonds is 5. The van der Waals surface area contributed by atoms with Gasteiger partial charge in [-0.25, -0.2) is 8.42 Å². The van der Waals surface area contributed by atoms with Crippen molar-refractivity contribution < 1.29 is 17.9 Å². The second-order valence-corrected chi connectivity index (χ2v) is 4.84. The number of hydrogen-bond donors (Lipinski definition) is 0. The van der Waals surface area contributed by atoms with Crippen molar-refractivity contribution in [2.24, 2.45) is 0 Å².